The molecule has 5 rings (SSSR count). The molecule has 1 aliphatic heterocycles. The molecular weight excluding hydrogens is 402 g/mol. The fourth-order valence-electron chi connectivity index (χ4n) is 4.01. The van der Waals surface area contributed by atoms with Crippen molar-refractivity contribution in [1.82, 2.24) is 25.5 Å². The molecule has 0 unspecified atom stereocenters. The van der Waals surface area contributed by atoms with Crippen molar-refractivity contribution in [3.05, 3.63) is 59.9 Å². The molecule has 2 aromatic heterocycles. The third kappa shape index (κ3) is 4.09. The number of hydrogen-bond donors (Lipinski definition) is 3. The van der Waals surface area contributed by atoms with Crippen LogP contribution >= 0.6 is 0 Å². The normalized spacial score (nSPS) is 14.0. The van der Waals surface area contributed by atoms with Crippen LogP contribution in [0.2, 0.25) is 0 Å². The first-order chi connectivity index (χ1) is 15.7. The molecular formula is C24H27N7O. The Bertz CT molecular complexity index is 1230. The van der Waals surface area contributed by atoms with Gasteiger partial charge in [0.25, 0.3) is 0 Å². The van der Waals surface area contributed by atoms with Gasteiger partial charge in [-0.1, -0.05) is 18.2 Å². The van der Waals surface area contributed by atoms with Gasteiger partial charge in [-0.3, -0.25) is 5.10 Å². The van der Waals surface area contributed by atoms with Gasteiger partial charge < -0.3 is 20.3 Å². The van der Waals surface area contributed by atoms with Crippen molar-refractivity contribution in [2.24, 2.45) is 0 Å². The lowest BCUT2D eigenvalue weighted by Crippen LogP contribution is -2.44. The van der Waals surface area contributed by atoms with Gasteiger partial charge >= 0.3 is 0 Å². The predicted molar refractivity (Wildman–Crippen MR) is 127 cm³/mol. The predicted octanol–water partition coefficient (Wildman–Crippen LogP) is 3.36. The molecule has 8 nitrogen and oxygen atoms in total. The van der Waals surface area contributed by atoms with E-state index in [4.69, 9.17) is 14.7 Å². The van der Waals surface area contributed by atoms with E-state index in [1.165, 1.54) is 0 Å². The second-order valence-corrected chi connectivity index (χ2v) is 7.95. The number of H-pyrrole nitrogens is 1. The number of benzene rings is 2. The number of methoxy groups -OCH3 is 1. The SMILES string of the molecule is COc1cccc(CNc2ncc(-c3ccc4n[nH]c(C)c4c3)nc2N2CCNCC2)c1. The van der Waals surface area contributed by atoms with Crippen molar-refractivity contribution >= 4 is 22.5 Å². The summed E-state index contributed by atoms with van der Waals surface area (Å²) in [6, 6.07) is 14.3. The van der Waals surface area contributed by atoms with Crippen molar-refractivity contribution in [3.8, 4) is 17.0 Å². The van der Waals surface area contributed by atoms with Crippen LogP contribution in [0.1, 0.15) is 11.3 Å². The summed E-state index contributed by atoms with van der Waals surface area (Å²) < 4.78 is 5.35. The summed E-state index contributed by atoms with van der Waals surface area (Å²) in [5.41, 5.74) is 5.02. The van der Waals surface area contributed by atoms with Gasteiger partial charge in [0.1, 0.15) is 5.75 Å². The topological polar surface area (TPSA) is 91.0 Å². The second-order valence-electron chi connectivity index (χ2n) is 7.95. The minimum absolute atomic E-state index is 0.643. The number of anilines is 2. The lowest BCUT2D eigenvalue weighted by atomic mass is 10.1. The summed E-state index contributed by atoms with van der Waals surface area (Å²) in [7, 11) is 1.68. The van der Waals surface area contributed by atoms with E-state index < -0.39 is 0 Å². The Morgan fingerprint density at radius 2 is 2.00 bits per heavy atom. The van der Waals surface area contributed by atoms with Gasteiger partial charge in [-0.15, -0.1) is 0 Å². The van der Waals surface area contributed by atoms with Crippen molar-refractivity contribution < 1.29 is 4.74 Å². The van der Waals surface area contributed by atoms with Crippen LogP contribution in [0.3, 0.4) is 0 Å². The highest BCUT2D eigenvalue weighted by atomic mass is 16.5. The van der Waals surface area contributed by atoms with Crippen LogP contribution in [0.5, 0.6) is 5.75 Å². The fourth-order valence-corrected chi connectivity index (χ4v) is 4.01. The van der Waals surface area contributed by atoms with Gasteiger partial charge in [0.05, 0.1) is 24.5 Å². The van der Waals surface area contributed by atoms with Gasteiger partial charge in [-0.25, -0.2) is 9.97 Å². The smallest absolute Gasteiger partial charge is 0.172 e. The molecule has 2 aromatic carbocycles. The Hall–Kier alpha value is -3.65. The highest BCUT2D eigenvalue weighted by Gasteiger charge is 2.18. The minimum Gasteiger partial charge on any atom is -0.497 e. The van der Waals surface area contributed by atoms with Crippen molar-refractivity contribution in [1.29, 1.82) is 0 Å². The third-order valence-corrected chi connectivity index (χ3v) is 5.81. The maximum absolute atomic E-state index is 5.35. The van der Waals surface area contributed by atoms with E-state index in [2.05, 4.69) is 43.9 Å². The zero-order chi connectivity index (χ0) is 21.9. The maximum atomic E-state index is 5.35. The Morgan fingerprint density at radius 1 is 1.12 bits per heavy atom. The number of hydrogen-bond acceptors (Lipinski definition) is 7. The van der Waals surface area contributed by atoms with E-state index in [0.717, 1.165) is 77.0 Å². The second kappa shape index (κ2) is 8.84. The van der Waals surface area contributed by atoms with Crippen LogP contribution in [-0.4, -0.2) is 53.5 Å². The molecule has 3 heterocycles. The van der Waals surface area contributed by atoms with Crippen LogP contribution < -0.4 is 20.3 Å². The molecule has 0 aliphatic carbocycles. The Kier molecular flexibility index (Phi) is 5.60. The number of fused-ring (bicyclic) bond motifs is 1. The van der Waals surface area contributed by atoms with Crippen LogP contribution in [-0.2, 0) is 6.54 Å². The number of aryl methyl sites for hydroxylation is 1. The first-order valence-corrected chi connectivity index (χ1v) is 10.9. The molecule has 0 amide bonds. The molecule has 8 heteroatoms. The number of nitrogens with zero attached hydrogens (tertiary/aromatic N) is 4. The average Bonchev–Trinajstić information content (AvgIpc) is 3.23. The molecule has 1 saturated heterocycles. The molecule has 4 aromatic rings. The van der Waals surface area contributed by atoms with E-state index in [1.807, 2.05) is 37.4 Å². The number of aromatic amines is 1. The zero-order valence-corrected chi connectivity index (χ0v) is 18.4. The minimum atomic E-state index is 0.643. The molecule has 32 heavy (non-hydrogen) atoms. The molecule has 0 bridgehead atoms. The van der Waals surface area contributed by atoms with Crippen LogP contribution in [0, 0.1) is 6.92 Å². The van der Waals surface area contributed by atoms with E-state index in [9.17, 15) is 0 Å². The molecule has 1 aliphatic rings. The third-order valence-electron chi connectivity index (χ3n) is 5.81. The van der Waals surface area contributed by atoms with E-state index >= 15 is 0 Å². The quantitative estimate of drug-likeness (QED) is 0.433. The number of aromatic nitrogens is 4. The van der Waals surface area contributed by atoms with E-state index in [1.54, 1.807) is 7.11 Å². The Balaban J connectivity index is 1.47. The van der Waals surface area contributed by atoms with Crippen LogP contribution in [0.15, 0.2) is 48.7 Å². The molecule has 0 spiro atoms. The maximum Gasteiger partial charge on any atom is 0.172 e. The fraction of sp³-hybridized carbons (Fsp3) is 0.292. The van der Waals surface area contributed by atoms with E-state index in [0.29, 0.717) is 6.54 Å². The number of piperazine rings is 1. The molecule has 0 radical (unpaired) electrons. The Morgan fingerprint density at radius 3 is 2.84 bits per heavy atom. The molecule has 164 valence electrons. The van der Waals surface area contributed by atoms with Gasteiger partial charge in [-0.2, -0.15) is 5.10 Å². The first-order valence-electron chi connectivity index (χ1n) is 10.9. The highest BCUT2D eigenvalue weighted by Crippen LogP contribution is 2.29. The summed E-state index contributed by atoms with van der Waals surface area (Å²) in [6.07, 6.45) is 1.84. The van der Waals surface area contributed by atoms with Crippen molar-refractivity contribution in [3.63, 3.8) is 0 Å². The van der Waals surface area contributed by atoms with Crippen LogP contribution in [0.4, 0.5) is 11.6 Å². The number of ether oxygens (including phenoxy) is 1. The van der Waals surface area contributed by atoms with Gasteiger partial charge in [0.2, 0.25) is 0 Å². The standard InChI is InChI=1S/C24H27N7O/c1-16-20-13-18(6-7-21(20)30-29-16)22-15-27-23(24(28-22)31-10-8-25-9-11-31)26-14-17-4-3-5-19(12-17)32-2/h3-7,12-13,15,25H,8-11,14H2,1-2H3,(H,26,27)(H,29,30). The molecule has 0 saturated carbocycles. The lowest BCUT2D eigenvalue weighted by Gasteiger charge is -2.30. The highest BCUT2D eigenvalue weighted by molar-refractivity contribution is 5.86. The molecule has 1 fully saturated rings. The van der Waals surface area contributed by atoms with Crippen molar-refractivity contribution in [2.45, 2.75) is 13.5 Å². The summed E-state index contributed by atoms with van der Waals surface area (Å²) in [4.78, 5) is 12.1. The number of nitrogens with one attached hydrogen (secondary N) is 3. The van der Waals surface area contributed by atoms with Gasteiger partial charge in [0, 0.05) is 49.4 Å². The summed E-state index contributed by atoms with van der Waals surface area (Å²) in [6.45, 7) is 6.33. The lowest BCUT2D eigenvalue weighted by molar-refractivity contribution is 0.414. The molecule has 3 N–H and O–H groups in total. The first kappa shape index (κ1) is 20.3. The zero-order valence-electron chi connectivity index (χ0n) is 18.4. The molecule has 0 atom stereocenters. The van der Waals surface area contributed by atoms with Crippen molar-refractivity contribution in [2.75, 3.05) is 43.5 Å². The Labute approximate surface area is 187 Å². The summed E-state index contributed by atoms with van der Waals surface area (Å²) in [5.74, 6) is 2.52. The average molecular weight is 430 g/mol. The van der Waals surface area contributed by atoms with Gasteiger partial charge in [-0.05, 0) is 36.8 Å². The van der Waals surface area contributed by atoms with Gasteiger partial charge in [0.15, 0.2) is 11.6 Å². The monoisotopic (exact) mass is 429 g/mol. The van der Waals surface area contributed by atoms with Crippen LogP contribution in [0.25, 0.3) is 22.2 Å². The summed E-state index contributed by atoms with van der Waals surface area (Å²) >= 11 is 0. The largest absolute Gasteiger partial charge is 0.497 e. The summed E-state index contributed by atoms with van der Waals surface area (Å²) in [5, 5.41) is 15.4. The van der Waals surface area contributed by atoms with E-state index in [-0.39, 0.29) is 0 Å². The number of rotatable bonds is 6.